The van der Waals surface area contributed by atoms with Gasteiger partial charge in [-0.15, -0.1) is 0 Å². The second-order valence-corrected chi connectivity index (χ2v) is 5.19. The molecule has 0 aliphatic rings. The third kappa shape index (κ3) is 3.56. The summed E-state index contributed by atoms with van der Waals surface area (Å²) in [7, 11) is 0. The monoisotopic (exact) mass is 326 g/mol. The Hall–Kier alpha value is -2.82. The van der Waals surface area contributed by atoms with E-state index in [1.807, 2.05) is 38.1 Å². The van der Waals surface area contributed by atoms with Gasteiger partial charge < -0.3 is 14.8 Å². The Morgan fingerprint density at radius 2 is 1.58 bits per heavy atom. The lowest BCUT2D eigenvalue weighted by Crippen LogP contribution is -1.99. The molecule has 5 heteroatoms. The summed E-state index contributed by atoms with van der Waals surface area (Å²) in [6.45, 7) is 5.00. The van der Waals surface area contributed by atoms with Crippen molar-refractivity contribution in [2.24, 2.45) is 0 Å². The van der Waals surface area contributed by atoms with E-state index >= 15 is 0 Å². The Kier molecular flexibility index (Phi) is 4.79. The summed E-state index contributed by atoms with van der Waals surface area (Å²) in [5.74, 6) is 1.81. The quantitative estimate of drug-likeness (QED) is 0.698. The third-order valence-electron chi connectivity index (χ3n) is 3.47. The van der Waals surface area contributed by atoms with E-state index in [1.54, 1.807) is 12.1 Å². The van der Waals surface area contributed by atoms with Gasteiger partial charge in [-0.3, -0.25) is 0 Å². The van der Waals surface area contributed by atoms with Crippen LogP contribution in [0.15, 0.2) is 48.5 Å². The maximum Gasteiger partial charge on any atom is 0.163 e. The number of hydrogen-bond acceptors (Lipinski definition) is 4. The summed E-state index contributed by atoms with van der Waals surface area (Å²) < 4.78 is 24.3. The van der Waals surface area contributed by atoms with E-state index in [0.717, 1.165) is 16.6 Å². The molecule has 1 aromatic heterocycles. The lowest BCUT2D eigenvalue weighted by Gasteiger charge is -2.13. The Morgan fingerprint density at radius 1 is 0.917 bits per heavy atom. The zero-order chi connectivity index (χ0) is 16.9. The molecule has 0 saturated carbocycles. The first-order valence-corrected chi connectivity index (χ1v) is 7.92. The van der Waals surface area contributed by atoms with Gasteiger partial charge in [0, 0.05) is 17.1 Å². The second kappa shape index (κ2) is 7.17. The highest BCUT2D eigenvalue weighted by Crippen LogP contribution is 2.33. The first-order chi connectivity index (χ1) is 11.7. The molecule has 2 aromatic carbocycles. The highest BCUT2D eigenvalue weighted by molar-refractivity contribution is 5.84. The molecule has 3 aromatic rings. The van der Waals surface area contributed by atoms with Crippen LogP contribution in [0.3, 0.4) is 0 Å². The van der Waals surface area contributed by atoms with Crippen LogP contribution in [0.4, 0.5) is 15.9 Å². The van der Waals surface area contributed by atoms with Gasteiger partial charge in [-0.05, 0) is 56.3 Å². The molecule has 0 fully saturated rings. The minimum Gasteiger partial charge on any atom is -0.490 e. The zero-order valence-corrected chi connectivity index (χ0v) is 13.7. The molecule has 0 bridgehead atoms. The highest BCUT2D eigenvalue weighted by Gasteiger charge is 2.09. The lowest BCUT2D eigenvalue weighted by molar-refractivity contribution is 0.288. The minimum absolute atomic E-state index is 0.267. The van der Waals surface area contributed by atoms with Crippen molar-refractivity contribution >= 4 is 22.4 Å². The number of hydrogen-bond donors (Lipinski definition) is 1. The lowest BCUT2D eigenvalue weighted by atomic mass is 10.2. The number of halogens is 1. The van der Waals surface area contributed by atoms with Crippen molar-refractivity contribution in [3.8, 4) is 11.5 Å². The Bertz CT molecular complexity index is 835. The van der Waals surface area contributed by atoms with Crippen LogP contribution in [0.25, 0.3) is 10.9 Å². The molecular weight excluding hydrogens is 307 g/mol. The standard InChI is InChI=1S/C19H19FN2O2/c1-3-23-17-11-13-5-10-19(21-15-8-6-14(20)7-9-15)22-16(13)12-18(17)24-4-2/h5-12H,3-4H2,1-2H3,(H,21,22). The van der Waals surface area contributed by atoms with Crippen molar-refractivity contribution in [3.63, 3.8) is 0 Å². The third-order valence-corrected chi connectivity index (χ3v) is 3.47. The average molecular weight is 326 g/mol. The maximum atomic E-state index is 13.0. The first kappa shape index (κ1) is 16.1. The van der Waals surface area contributed by atoms with E-state index < -0.39 is 0 Å². The van der Waals surface area contributed by atoms with Gasteiger partial charge in [-0.2, -0.15) is 0 Å². The SMILES string of the molecule is CCOc1cc2ccc(Nc3ccc(F)cc3)nc2cc1OCC. The predicted octanol–water partition coefficient (Wildman–Crippen LogP) is 4.91. The summed E-state index contributed by atoms with van der Waals surface area (Å²) >= 11 is 0. The minimum atomic E-state index is -0.267. The molecule has 0 atom stereocenters. The highest BCUT2D eigenvalue weighted by atomic mass is 19.1. The normalized spacial score (nSPS) is 10.6. The van der Waals surface area contributed by atoms with Crippen molar-refractivity contribution < 1.29 is 13.9 Å². The molecular formula is C19H19FN2O2. The van der Waals surface area contributed by atoms with Crippen LogP contribution in [0, 0.1) is 5.82 Å². The number of nitrogens with one attached hydrogen (secondary N) is 1. The molecule has 0 aliphatic heterocycles. The second-order valence-electron chi connectivity index (χ2n) is 5.19. The average Bonchev–Trinajstić information content (AvgIpc) is 2.58. The van der Waals surface area contributed by atoms with E-state index in [0.29, 0.717) is 30.5 Å². The van der Waals surface area contributed by atoms with Crippen molar-refractivity contribution in [1.82, 2.24) is 4.98 Å². The maximum absolute atomic E-state index is 13.0. The number of rotatable bonds is 6. The number of benzene rings is 2. The van der Waals surface area contributed by atoms with Gasteiger partial charge in [-0.25, -0.2) is 9.37 Å². The largest absolute Gasteiger partial charge is 0.490 e. The molecule has 0 unspecified atom stereocenters. The van der Waals surface area contributed by atoms with Crippen LogP contribution in [-0.4, -0.2) is 18.2 Å². The van der Waals surface area contributed by atoms with Crippen molar-refractivity contribution in [2.45, 2.75) is 13.8 Å². The van der Waals surface area contributed by atoms with Crippen LogP contribution in [0.5, 0.6) is 11.5 Å². The van der Waals surface area contributed by atoms with E-state index in [1.165, 1.54) is 12.1 Å². The fourth-order valence-corrected chi connectivity index (χ4v) is 2.42. The molecule has 0 amide bonds. The summed E-state index contributed by atoms with van der Waals surface area (Å²) in [5.41, 5.74) is 1.58. The van der Waals surface area contributed by atoms with Crippen LogP contribution in [0.2, 0.25) is 0 Å². The number of anilines is 2. The molecule has 124 valence electrons. The smallest absolute Gasteiger partial charge is 0.163 e. The van der Waals surface area contributed by atoms with E-state index in [2.05, 4.69) is 10.3 Å². The fourth-order valence-electron chi connectivity index (χ4n) is 2.42. The van der Waals surface area contributed by atoms with Gasteiger partial charge in [0.15, 0.2) is 11.5 Å². The zero-order valence-electron chi connectivity index (χ0n) is 13.7. The van der Waals surface area contributed by atoms with Crippen LogP contribution < -0.4 is 14.8 Å². The molecule has 1 N–H and O–H groups in total. The van der Waals surface area contributed by atoms with Gasteiger partial charge in [-0.1, -0.05) is 0 Å². The molecule has 3 rings (SSSR count). The molecule has 0 radical (unpaired) electrons. The molecule has 24 heavy (non-hydrogen) atoms. The van der Waals surface area contributed by atoms with Crippen LogP contribution in [-0.2, 0) is 0 Å². The number of nitrogens with zero attached hydrogens (tertiary/aromatic N) is 1. The molecule has 0 saturated heterocycles. The van der Waals surface area contributed by atoms with Crippen molar-refractivity contribution in [2.75, 3.05) is 18.5 Å². The van der Waals surface area contributed by atoms with Crippen LogP contribution >= 0.6 is 0 Å². The van der Waals surface area contributed by atoms with Crippen molar-refractivity contribution in [3.05, 3.63) is 54.3 Å². The van der Waals surface area contributed by atoms with E-state index in [4.69, 9.17) is 9.47 Å². The number of aromatic nitrogens is 1. The predicted molar refractivity (Wildman–Crippen MR) is 93.8 cm³/mol. The Labute approximate surface area is 140 Å². The van der Waals surface area contributed by atoms with Crippen LogP contribution in [0.1, 0.15) is 13.8 Å². The molecule has 0 aliphatic carbocycles. The fraction of sp³-hybridized carbons (Fsp3) is 0.211. The van der Waals surface area contributed by atoms with Gasteiger partial charge in [0.1, 0.15) is 11.6 Å². The van der Waals surface area contributed by atoms with Crippen molar-refractivity contribution in [1.29, 1.82) is 0 Å². The number of ether oxygens (including phenoxy) is 2. The Morgan fingerprint density at radius 3 is 2.25 bits per heavy atom. The van der Waals surface area contributed by atoms with Gasteiger partial charge in [0.25, 0.3) is 0 Å². The van der Waals surface area contributed by atoms with E-state index in [9.17, 15) is 4.39 Å². The van der Waals surface area contributed by atoms with Gasteiger partial charge in [0.2, 0.25) is 0 Å². The molecule has 1 heterocycles. The van der Waals surface area contributed by atoms with Gasteiger partial charge >= 0.3 is 0 Å². The molecule has 0 spiro atoms. The summed E-state index contributed by atoms with van der Waals surface area (Å²) in [5, 5.41) is 4.13. The summed E-state index contributed by atoms with van der Waals surface area (Å²) in [4.78, 5) is 4.60. The topological polar surface area (TPSA) is 43.4 Å². The van der Waals surface area contributed by atoms with E-state index in [-0.39, 0.29) is 5.82 Å². The Balaban J connectivity index is 1.94. The first-order valence-electron chi connectivity index (χ1n) is 7.92. The summed E-state index contributed by atoms with van der Waals surface area (Å²) in [6.07, 6.45) is 0. The summed E-state index contributed by atoms with van der Waals surface area (Å²) in [6, 6.07) is 13.8. The van der Waals surface area contributed by atoms with Gasteiger partial charge in [0.05, 0.1) is 18.7 Å². The number of pyridine rings is 1. The molecule has 4 nitrogen and oxygen atoms in total. The number of fused-ring (bicyclic) bond motifs is 1.